The van der Waals surface area contributed by atoms with Crippen LogP contribution in [0.3, 0.4) is 0 Å². The molecule has 1 aliphatic rings. The summed E-state index contributed by atoms with van der Waals surface area (Å²) in [6.45, 7) is 2.34. The fraction of sp³-hybridized carbons (Fsp3) is 0.467. The van der Waals surface area contributed by atoms with Crippen LogP contribution < -0.4 is 10.1 Å². The van der Waals surface area contributed by atoms with Gasteiger partial charge in [-0.2, -0.15) is 0 Å². The zero-order valence-corrected chi connectivity index (χ0v) is 12.1. The summed E-state index contributed by atoms with van der Waals surface area (Å²) in [5.74, 6) is 0.518. The van der Waals surface area contributed by atoms with Crippen LogP contribution in [0.5, 0.6) is 5.75 Å². The Labute approximate surface area is 124 Å². The van der Waals surface area contributed by atoms with Gasteiger partial charge in [0.05, 0.1) is 33.3 Å². The first-order valence-corrected chi connectivity index (χ1v) is 6.94. The number of hydrogen-bond donors (Lipinski definition) is 1. The average molecular weight is 292 g/mol. The van der Waals surface area contributed by atoms with Crippen molar-refractivity contribution in [3.8, 4) is 5.75 Å². The van der Waals surface area contributed by atoms with Gasteiger partial charge in [0, 0.05) is 13.1 Å². The van der Waals surface area contributed by atoms with Gasteiger partial charge in [0.2, 0.25) is 11.8 Å². The molecular formula is C15H20N2O4. The van der Waals surface area contributed by atoms with Crippen molar-refractivity contribution in [1.82, 2.24) is 10.2 Å². The molecule has 0 saturated carbocycles. The summed E-state index contributed by atoms with van der Waals surface area (Å²) >= 11 is 0. The molecular weight excluding hydrogens is 272 g/mol. The van der Waals surface area contributed by atoms with E-state index in [1.807, 2.05) is 24.3 Å². The molecule has 2 rings (SSSR count). The fourth-order valence-corrected chi connectivity index (χ4v) is 2.09. The Balaban J connectivity index is 1.74. The van der Waals surface area contributed by atoms with Gasteiger partial charge in [0.15, 0.2) is 0 Å². The number of nitrogens with zero attached hydrogens (tertiary/aromatic N) is 1. The highest BCUT2D eigenvalue weighted by Gasteiger charge is 2.17. The summed E-state index contributed by atoms with van der Waals surface area (Å²) in [7, 11) is 1.60. The molecule has 6 heteroatoms. The normalized spacial score (nSPS) is 14.6. The molecule has 6 nitrogen and oxygen atoms in total. The lowest BCUT2D eigenvalue weighted by molar-refractivity contribution is -0.136. The van der Waals surface area contributed by atoms with Gasteiger partial charge < -0.3 is 19.7 Å². The highest BCUT2D eigenvalue weighted by atomic mass is 16.5. The Morgan fingerprint density at radius 1 is 1.24 bits per heavy atom. The maximum absolute atomic E-state index is 11.9. The number of nitrogens with one attached hydrogen (secondary N) is 1. The third kappa shape index (κ3) is 4.75. The lowest BCUT2D eigenvalue weighted by Crippen LogP contribution is -2.45. The number of amides is 2. The molecule has 0 bridgehead atoms. The van der Waals surface area contributed by atoms with Gasteiger partial charge in [0.1, 0.15) is 5.75 Å². The van der Waals surface area contributed by atoms with E-state index >= 15 is 0 Å². The molecule has 1 N–H and O–H groups in total. The summed E-state index contributed by atoms with van der Waals surface area (Å²) in [4.78, 5) is 25.4. The van der Waals surface area contributed by atoms with Crippen LogP contribution in [0.15, 0.2) is 24.3 Å². The number of benzene rings is 1. The van der Waals surface area contributed by atoms with Crippen LogP contribution in [-0.4, -0.2) is 56.7 Å². The second kappa shape index (κ2) is 7.64. The molecule has 0 atom stereocenters. The number of carbonyl (C=O) groups excluding carboxylic acids is 2. The van der Waals surface area contributed by atoms with Crippen molar-refractivity contribution in [3.05, 3.63) is 29.8 Å². The van der Waals surface area contributed by atoms with Crippen molar-refractivity contribution in [2.75, 3.05) is 40.0 Å². The average Bonchev–Trinajstić information content (AvgIpc) is 2.54. The highest BCUT2D eigenvalue weighted by Crippen LogP contribution is 2.11. The van der Waals surface area contributed by atoms with Crippen LogP contribution in [0.25, 0.3) is 0 Å². The SMILES string of the molecule is COc1ccc(CC(=O)NCC(=O)N2CCOCC2)cc1. The maximum Gasteiger partial charge on any atom is 0.242 e. The standard InChI is InChI=1S/C15H20N2O4/c1-20-13-4-2-12(3-5-13)10-14(18)16-11-15(19)17-6-8-21-9-7-17/h2-5H,6-11H2,1H3,(H,16,18). The molecule has 1 aliphatic heterocycles. The molecule has 0 spiro atoms. The molecule has 1 aromatic carbocycles. The lowest BCUT2D eigenvalue weighted by Gasteiger charge is -2.26. The van der Waals surface area contributed by atoms with Gasteiger partial charge in [-0.3, -0.25) is 9.59 Å². The molecule has 1 saturated heterocycles. The maximum atomic E-state index is 11.9. The lowest BCUT2D eigenvalue weighted by atomic mass is 10.1. The highest BCUT2D eigenvalue weighted by molar-refractivity contribution is 5.85. The Kier molecular flexibility index (Phi) is 5.57. The summed E-state index contributed by atoms with van der Waals surface area (Å²) in [5.41, 5.74) is 0.882. The molecule has 0 aliphatic carbocycles. The zero-order chi connectivity index (χ0) is 15.1. The van der Waals surface area contributed by atoms with Gasteiger partial charge in [-0.25, -0.2) is 0 Å². The molecule has 1 fully saturated rings. The fourth-order valence-electron chi connectivity index (χ4n) is 2.09. The molecule has 0 radical (unpaired) electrons. The van der Waals surface area contributed by atoms with E-state index in [9.17, 15) is 9.59 Å². The van der Waals surface area contributed by atoms with E-state index in [2.05, 4.69) is 5.32 Å². The largest absolute Gasteiger partial charge is 0.497 e. The van der Waals surface area contributed by atoms with Crippen LogP contribution in [-0.2, 0) is 20.7 Å². The second-order valence-electron chi connectivity index (χ2n) is 4.79. The van der Waals surface area contributed by atoms with E-state index in [0.717, 1.165) is 11.3 Å². The van der Waals surface area contributed by atoms with Gasteiger partial charge in [-0.05, 0) is 17.7 Å². The van der Waals surface area contributed by atoms with E-state index in [-0.39, 0.29) is 24.8 Å². The Hall–Kier alpha value is -2.08. The van der Waals surface area contributed by atoms with E-state index in [0.29, 0.717) is 26.3 Å². The number of ether oxygens (including phenoxy) is 2. The van der Waals surface area contributed by atoms with Crippen molar-refractivity contribution in [2.45, 2.75) is 6.42 Å². The minimum atomic E-state index is -0.165. The molecule has 1 heterocycles. The molecule has 114 valence electrons. The van der Waals surface area contributed by atoms with Crippen LogP contribution >= 0.6 is 0 Å². The van der Waals surface area contributed by atoms with Gasteiger partial charge in [-0.1, -0.05) is 12.1 Å². The van der Waals surface area contributed by atoms with E-state index in [4.69, 9.17) is 9.47 Å². The van der Waals surface area contributed by atoms with Gasteiger partial charge in [0.25, 0.3) is 0 Å². The molecule has 2 amide bonds. The summed E-state index contributed by atoms with van der Waals surface area (Å²) in [5, 5.41) is 2.65. The Morgan fingerprint density at radius 3 is 2.52 bits per heavy atom. The molecule has 1 aromatic rings. The number of rotatable bonds is 5. The first-order chi connectivity index (χ1) is 10.2. The minimum Gasteiger partial charge on any atom is -0.497 e. The van der Waals surface area contributed by atoms with Crippen LogP contribution in [0.4, 0.5) is 0 Å². The first kappa shape index (κ1) is 15.3. The topological polar surface area (TPSA) is 67.9 Å². The smallest absolute Gasteiger partial charge is 0.242 e. The monoisotopic (exact) mass is 292 g/mol. The quantitative estimate of drug-likeness (QED) is 0.842. The molecule has 0 unspecified atom stereocenters. The minimum absolute atomic E-state index is 0.0367. The van der Waals surface area contributed by atoms with Crippen LogP contribution in [0, 0.1) is 0 Å². The van der Waals surface area contributed by atoms with Crippen molar-refractivity contribution < 1.29 is 19.1 Å². The predicted octanol–water partition coefficient (Wildman–Crippen LogP) is 0.213. The Bertz CT molecular complexity index is 481. The van der Waals surface area contributed by atoms with E-state index < -0.39 is 0 Å². The number of carbonyl (C=O) groups is 2. The zero-order valence-electron chi connectivity index (χ0n) is 12.1. The van der Waals surface area contributed by atoms with Gasteiger partial charge in [-0.15, -0.1) is 0 Å². The molecule has 0 aromatic heterocycles. The van der Waals surface area contributed by atoms with Crippen molar-refractivity contribution in [3.63, 3.8) is 0 Å². The van der Waals surface area contributed by atoms with Crippen LogP contribution in [0.2, 0.25) is 0 Å². The van der Waals surface area contributed by atoms with Crippen molar-refractivity contribution in [2.24, 2.45) is 0 Å². The third-order valence-corrected chi connectivity index (χ3v) is 3.32. The van der Waals surface area contributed by atoms with E-state index in [1.165, 1.54) is 0 Å². The summed E-state index contributed by atoms with van der Waals surface area (Å²) < 4.78 is 10.2. The number of methoxy groups -OCH3 is 1. The van der Waals surface area contributed by atoms with Crippen LogP contribution in [0.1, 0.15) is 5.56 Å². The van der Waals surface area contributed by atoms with Crippen molar-refractivity contribution >= 4 is 11.8 Å². The predicted molar refractivity (Wildman–Crippen MR) is 77.1 cm³/mol. The van der Waals surface area contributed by atoms with Gasteiger partial charge >= 0.3 is 0 Å². The number of hydrogen-bond acceptors (Lipinski definition) is 4. The summed E-state index contributed by atoms with van der Waals surface area (Å²) in [6.07, 6.45) is 0.250. The Morgan fingerprint density at radius 2 is 1.90 bits per heavy atom. The first-order valence-electron chi connectivity index (χ1n) is 6.94. The van der Waals surface area contributed by atoms with Crippen molar-refractivity contribution in [1.29, 1.82) is 0 Å². The second-order valence-corrected chi connectivity index (χ2v) is 4.79. The summed E-state index contributed by atoms with van der Waals surface area (Å²) in [6, 6.07) is 7.29. The van der Waals surface area contributed by atoms with E-state index in [1.54, 1.807) is 12.0 Å². The molecule has 21 heavy (non-hydrogen) atoms. The third-order valence-electron chi connectivity index (χ3n) is 3.32. The number of morpholine rings is 1.